The molecule has 0 spiro atoms. The van der Waals surface area contributed by atoms with Crippen LogP contribution in [0.15, 0.2) is 18.2 Å². The van der Waals surface area contributed by atoms with Crippen molar-refractivity contribution in [2.45, 2.75) is 6.92 Å². The van der Waals surface area contributed by atoms with E-state index in [0.717, 1.165) is 5.56 Å². The van der Waals surface area contributed by atoms with Gasteiger partial charge in [-0.2, -0.15) is 0 Å². The Morgan fingerprint density at radius 2 is 2.15 bits per heavy atom. The number of aromatic hydroxyl groups is 1. The van der Waals surface area contributed by atoms with Crippen LogP contribution in [-0.2, 0) is 0 Å². The van der Waals surface area contributed by atoms with Crippen LogP contribution in [-0.4, -0.2) is 18.2 Å². The van der Waals surface area contributed by atoms with Crippen molar-refractivity contribution >= 4 is 11.7 Å². The van der Waals surface area contributed by atoms with Gasteiger partial charge in [-0.3, -0.25) is 0 Å². The Labute approximate surface area is 76.6 Å². The summed E-state index contributed by atoms with van der Waals surface area (Å²) < 4.78 is 0. The number of carbonyl (C=O) groups is 1. The molecule has 1 aromatic rings. The first kappa shape index (κ1) is 9.38. The molecule has 2 amide bonds. The average Bonchev–Trinajstić information content (AvgIpc) is 2.11. The van der Waals surface area contributed by atoms with Gasteiger partial charge in [0.2, 0.25) is 0 Å². The second-order valence-electron chi connectivity index (χ2n) is 2.71. The predicted molar refractivity (Wildman–Crippen MR) is 50.9 cm³/mol. The van der Waals surface area contributed by atoms with Crippen LogP contribution in [0.25, 0.3) is 0 Å². The van der Waals surface area contributed by atoms with Gasteiger partial charge < -0.3 is 15.7 Å². The molecule has 0 fully saturated rings. The van der Waals surface area contributed by atoms with Gasteiger partial charge in [-0.25, -0.2) is 4.79 Å². The lowest BCUT2D eigenvalue weighted by Crippen LogP contribution is -2.24. The summed E-state index contributed by atoms with van der Waals surface area (Å²) in [5.74, 6) is 0.175. The van der Waals surface area contributed by atoms with E-state index in [2.05, 4.69) is 10.6 Å². The fraction of sp³-hybridized carbons (Fsp3) is 0.222. The van der Waals surface area contributed by atoms with E-state index in [0.29, 0.717) is 5.69 Å². The molecule has 0 bridgehead atoms. The SMILES string of the molecule is CNC(=O)Nc1ccc(C)c(O)c1. The molecule has 3 N–H and O–H groups in total. The van der Waals surface area contributed by atoms with Crippen LogP contribution in [0.4, 0.5) is 10.5 Å². The standard InChI is InChI=1S/C9H12N2O2/c1-6-3-4-7(5-8(6)12)11-9(13)10-2/h3-5,12H,1-2H3,(H2,10,11,13). The fourth-order valence-electron chi connectivity index (χ4n) is 0.881. The number of benzene rings is 1. The van der Waals surface area contributed by atoms with Gasteiger partial charge in [-0.15, -0.1) is 0 Å². The molecule has 4 nitrogen and oxygen atoms in total. The molecule has 70 valence electrons. The minimum absolute atomic E-state index is 0.175. The fourth-order valence-corrected chi connectivity index (χ4v) is 0.881. The number of phenols is 1. The van der Waals surface area contributed by atoms with Crippen molar-refractivity contribution in [1.29, 1.82) is 0 Å². The Bertz CT molecular complexity index is 323. The number of nitrogens with one attached hydrogen (secondary N) is 2. The molecule has 0 aliphatic carbocycles. The number of anilines is 1. The molecule has 1 aromatic carbocycles. The maximum atomic E-state index is 10.9. The highest BCUT2D eigenvalue weighted by atomic mass is 16.3. The van der Waals surface area contributed by atoms with Gasteiger partial charge in [-0.1, -0.05) is 6.07 Å². The van der Waals surface area contributed by atoms with E-state index in [-0.39, 0.29) is 11.8 Å². The van der Waals surface area contributed by atoms with Crippen LogP contribution in [0.2, 0.25) is 0 Å². The van der Waals surface area contributed by atoms with Crippen LogP contribution < -0.4 is 10.6 Å². The summed E-state index contributed by atoms with van der Waals surface area (Å²) in [6.45, 7) is 1.79. The second kappa shape index (κ2) is 3.80. The van der Waals surface area contributed by atoms with Crippen molar-refractivity contribution in [1.82, 2.24) is 5.32 Å². The van der Waals surface area contributed by atoms with Crippen molar-refractivity contribution in [2.75, 3.05) is 12.4 Å². The number of amides is 2. The molecule has 0 unspecified atom stereocenters. The lowest BCUT2D eigenvalue weighted by atomic mass is 10.2. The zero-order chi connectivity index (χ0) is 9.84. The van der Waals surface area contributed by atoms with Crippen molar-refractivity contribution in [3.8, 4) is 5.75 Å². The largest absolute Gasteiger partial charge is 0.508 e. The van der Waals surface area contributed by atoms with Crippen molar-refractivity contribution in [3.63, 3.8) is 0 Å². The molecule has 0 saturated heterocycles. The molecule has 0 aliphatic heterocycles. The van der Waals surface area contributed by atoms with Crippen LogP contribution in [0.1, 0.15) is 5.56 Å². The maximum absolute atomic E-state index is 10.9. The molecule has 0 saturated carbocycles. The van der Waals surface area contributed by atoms with Gasteiger partial charge in [0.15, 0.2) is 0 Å². The molecule has 13 heavy (non-hydrogen) atoms. The summed E-state index contributed by atoms with van der Waals surface area (Å²) in [6.07, 6.45) is 0. The molecule has 0 aromatic heterocycles. The van der Waals surface area contributed by atoms with Gasteiger partial charge in [0.25, 0.3) is 0 Å². The number of phenolic OH excluding ortho intramolecular Hbond substituents is 1. The van der Waals surface area contributed by atoms with E-state index >= 15 is 0 Å². The van der Waals surface area contributed by atoms with E-state index in [1.54, 1.807) is 19.1 Å². The lowest BCUT2D eigenvalue weighted by Gasteiger charge is -2.05. The molecular weight excluding hydrogens is 168 g/mol. The number of carbonyl (C=O) groups excluding carboxylic acids is 1. The zero-order valence-corrected chi connectivity index (χ0v) is 7.59. The molecule has 0 heterocycles. The first-order valence-electron chi connectivity index (χ1n) is 3.92. The summed E-state index contributed by atoms with van der Waals surface area (Å²) >= 11 is 0. The number of rotatable bonds is 1. The van der Waals surface area contributed by atoms with Crippen LogP contribution in [0.5, 0.6) is 5.75 Å². The van der Waals surface area contributed by atoms with Crippen molar-refractivity contribution in [2.24, 2.45) is 0 Å². The lowest BCUT2D eigenvalue weighted by molar-refractivity contribution is 0.254. The van der Waals surface area contributed by atoms with E-state index in [1.807, 2.05) is 0 Å². The molecule has 4 heteroatoms. The Morgan fingerprint density at radius 3 is 2.69 bits per heavy atom. The number of hydrogen-bond donors (Lipinski definition) is 3. The van der Waals surface area contributed by atoms with E-state index in [9.17, 15) is 9.90 Å². The molecule has 0 aliphatic rings. The minimum Gasteiger partial charge on any atom is -0.508 e. The van der Waals surface area contributed by atoms with Crippen LogP contribution in [0, 0.1) is 6.92 Å². The summed E-state index contributed by atoms with van der Waals surface area (Å²) in [5.41, 5.74) is 1.35. The monoisotopic (exact) mass is 180 g/mol. The highest BCUT2D eigenvalue weighted by Gasteiger charge is 2.00. The molecule has 1 rings (SSSR count). The van der Waals surface area contributed by atoms with Crippen molar-refractivity contribution in [3.05, 3.63) is 23.8 Å². The van der Waals surface area contributed by atoms with Gasteiger partial charge >= 0.3 is 6.03 Å². The summed E-state index contributed by atoms with van der Waals surface area (Å²) in [4.78, 5) is 10.9. The number of aryl methyl sites for hydroxylation is 1. The molecule has 0 radical (unpaired) electrons. The highest BCUT2D eigenvalue weighted by Crippen LogP contribution is 2.20. The third-order valence-electron chi connectivity index (χ3n) is 1.69. The number of urea groups is 1. The minimum atomic E-state index is -0.303. The predicted octanol–water partition coefficient (Wildman–Crippen LogP) is 1.45. The highest BCUT2D eigenvalue weighted by molar-refractivity contribution is 5.89. The van der Waals surface area contributed by atoms with Gasteiger partial charge in [0, 0.05) is 18.8 Å². The first-order chi connectivity index (χ1) is 6.13. The van der Waals surface area contributed by atoms with E-state index in [1.165, 1.54) is 13.1 Å². The van der Waals surface area contributed by atoms with Crippen LogP contribution in [0.3, 0.4) is 0 Å². The Balaban J connectivity index is 2.79. The van der Waals surface area contributed by atoms with Crippen molar-refractivity contribution < 1.29 is 9.90 Å². The topological polar surface area (TPSA) is 61.4 Å². The second-order valence-corrected chi connectivity index (χ2v) is 2.71. The molecular formula is C9H12N2O2. The third kappa shape index (κ3) is 2.37. The zero-order valence-electron chi connectivity index (χ0n) is 7.59. The summed E-state index contributed by atoms with van der Waals surface area (Å²) in [5, 5.41) is 14.3. The Kier molecular flexibility index (Phi) is 2.74. The Morgan fingerprint density at radius 1 is 1.46 bits per heavy atom. The van der Waals surface area contributed by atoms with Gasteiger partial charge in [0.05, 0.1) is 0 Å². The normalized spacial score (nSPS) is 9.38. The van der Waals surface area contributed by atoms with Crippen LogP contribution >= 0.6 is 0 Å². The van der Waals surface area contributed by atoms with E-state index < -0.39 is 0 Å². The van der Waals surface area contributed by atoms with E-state index in [4.69, 9.17) is 0 Å². The summed E-state index contributed by atoms with van der Waals surface area (Å²) in [7, 11) is 1.53. The van der Waals surface area contributed by atoms with Gasteiger partial charge in [-0.05, 0) is 18.6 Å². The number of hydrogen-bond acceptors (Lipinski definition) is 2. The third-order valence-corrected chi connectivity index (χ3v) is 1.69. The average molecular weight is 180 g/mol. The quantitative estimate of drug-likeness (QED) is 0.612. The Hall–Kier alpha value is -1.71. The van der Waals surface area contributed by atoms with Gasteiger partial charge in [0.1, 0.15) is 5.75 Å². The smallest absolute Gasteiger partial charge is 0.318 e. The first-order valence-corrected chi connectivity index (χ1v) is 3.92. The summed E-state index contributed by atoms with van der Waals surface area (Å²) in [6, 6.07) is 4.67. The molecule has 0 atom stereocenters. The maximum Gasteiger partial charge on any atom is 0.318 e.